The Balaban J connectivity index is 2.02. The van der Waals surface area contributed by atoms with Crippen LogP contribution in [0.15, 0.2) is 6.20 Å². The van der Waals surface area contributed by atoms with Gasteiger partial charge >= 0.3 is 0 Å². The number of aromatic nitrogens is 2. The average Bonchev–Trinajstić information content (AvgIpc) is 2.67. The normalized spacial score (nSPS) is 19.0. The number of nitrogens with two attached hydrogens (primary N) is 1. The second-order valence-electron chi connectivity index (χ2n) is 5.29. The SMILES string of the molecule is Cc1nn(C)cc1C(=O)N1CCC(C(C)N)CC1. The van der Waals surface area contributed by atoms with Crippen molar-refractivity contribution in [3.8, 4) is 0 Å². The van der Waals surface area contributed by atoms with Gasteiger partial charge in [0.1, 0.15) is 0 Å². The molecule has 0 bridgehead atoms. The number of hydrogen-bond acceptors (Lipinski definition) is 3. The highest BCUT2D eigenvalue weighted by atomic mass is 16.2. The van der Waals surface area contributed by atoms with Crippen LogP contribution in [0.2, 0.25) is 0 Å². The van der Waals surface area contributed by atoms with Gasteiger partial charge in [-0.1, -0.05) is 0 Å². The molecule has 2 N–H and O–H groups in total. The molecule has 18 heavy (non-hydrogen) atoms. The number of hydrogen-bond donors (Lipinski definition) is 1. The van der Waals surface area contributed by atoms with E-state index in [1.807, 2.05) is 25.8 Å². The van der Waals surface area contributed by atoms with E-state index < -0.39 is 0 Å². The van der Waals surface area contributed by atoms with E-state index in [9.17, 15) is 4.79 Å². The Morgan fingerprint density at radius 3 is 2.56 bits per heavy atom. The van der Waals surface area contributed by atoms with Crippen molar-refractivity contribution in [2.75, 3.05) is 13.1 Å². The number of carbonyl (C=O) groups excluding carboxylic acids is 1. The first-order valence-corrected chi connectivity index (χ1v) is 6.54. The fraction of sp³-hybridized carbons (Fsp3) is 0.692. The fourth-order valence-corrected chi connectivity index (χ4v) is 2.61. The predicted octanol–water partition coefficient (Wildman–Crippen LogP) is 0.928. The highest BCUT2D eigenvalue weighted by molar-refractivity contribution is 5.95. The van der Waals surface area contributed by atoms with Crippen molar-refractivity contribution in [1.82, 2.24) is 14.7 Å². The summed E-state index contributed by atoms with van der Waals surface area (Å²) in [5, 5.41) is 4.22. The van der Waals surface area contributed by atoms with Crippen LogP contribution in [0.4, 0.5) is 0 Å². The summed E-state index contributed by atoms with van der Waals surface area (Å²) in [6, 6.07) is 0.224. The van der Waals surface area contributed by atoms with E-state index in [1.165, 1.54) is 0 Å². The van der Waals surface area contributed by atoms with Crippen LogP contribution in [-0.4, -0.2) is 39.7 Å². The Kier molecular flexibility index (Phi) is 3.71. The third-order valence-corrected chi connectivity index (χ3v) is 3.81. The lowest BCUT2D eigenvalue weighted by Gasteiger charge is -2.33. The molecular weight excluding hydrogens is 228 g/mol. The molecule has 0 spiro atoms. The Morgan fingerprint density at radius 2 is 2.11 bits per heavy atom. The van der Waals surface area contributed by atoms with Crippen LogP contribution in [-0.2, 0) is 7.05 Å². The summed E-state index contributed by atoms with van der Waals surface area (Å²) >= 11 is 0. The van der Waals surface area contributed by atoms with Gasteiger partial charge in [-0.2, -0.15) is 5.10 Å². The van der Waals surface area contributed by atoms with Crippen molar-refractivity contribution >= 4 is 5.91 Å². The molecule has 1 unspecified atom stereocenters. The Labute approximate surface area is 108 Å². The van der Waals surface area contributed by atoms with Gasteiger partial charge in [-0.3, -0.25) is 9.48 Å². The van der Waals surface area contributed by atoms with E-state index in [2.05, 4.69) is 5.10 Å². The van der Waals surface area contributed by atoms with E-state index >= 15 is 0 Å². The van der Waals surface area contributed by atoms with Crippen molar-refractivity contribution in [3.05, 3.63) is 17.5 Å². The molecule has 100 valence electrons. The first kappa shape index (κ1) is 13.1. The van der Waals surface area contributed by atoms with Crippen LogP contribution in [0, 0.1) is 12.8 Å². The maximum absolute atomic E-state index is 12.4. The molecule has 1 amide bonds. The van der Waals surface area contributed by atoms with E-state index in [1.54, 1.807) is 10.9 Å². The van der Waals surface area contributed by atoms with Gasteiger partial charge in [-0.05, 0) is 32.6 Å². The minimum absolute atomic E-state index is 0.101. The maximum atomic E-state index is 12.4. The third-order valence-electron chi connectivity index (χ3n) is 3.81. The smallest absolute Gasteiger partial charge is 0.257 e. The second-order valence-corrected chi connectivity index (χ2v) is 5.29. The molecule has 2 rings (SSSR count). The van der Waals surface area contributed by atoms with Crippen LogP contribution in [0.25, 0.3) is 0 Å². The first-order valence-electron chi connectivity index (χ1n) is 6.54. The van der Waals surface area contributed by atoms with Gasteiger partial charge in [0.25, 0.3) is 5.91 Å². The van der Waals surface area contributed by atoms with E-state index in [0.717, 1.165) is 37.2 Å². The lowest BCUT2D eigenvalue weighted by molar-refractivity contribution is 0.0680. The first-order chi connectivity index (χ1) is 8.49. The van der Waals surface area contributed by atoms with Gasteiger partial charge < -0.3 is 10.6 Å². The van der Waals surface area contributed by atoms with Crippen molar-refractivity contribution in [2.45, 2.75) is 32.7 Å². The standard InChI is InChI=1S/C13H22N4O/c1-9(14)11-4-6-17(7-5-11)13(18)12-8-16(3)15-10(12)2/h8-9,11H,4-7,14H2,1-3H3. The number of piperidine rings is 1. The van der Waals surface area contributed by atoms with Crippen LogP contribution >= 0.6 is 0 Å². The summed E-state index contributed by atoms with van der Waals surface area (Å²) in [4.78, 5) is 14.3. The van der Waals surface area contributed by atoms with Gasteiger partial charge in [0.05, 0.1) is 11.3 Å². The second kappa shape index (κ2) is 5.10. The largest absolute Gasteiger partial charge is 0.339 e. The van der Waals surface area contributed by atoms with Crippen molar-refractivity contribution in [2.24, 2.45) is 18.7 Å². The summed E-state index contributed by atoms with van der Waals surface area (Å²) in [5.74, 6) is 0.646. The zero-order chi connectivity index (χ0) is 13.3. The van der Waals surface area contributed by atoms with Gasteiger partial charge in [0.15, 0.2) is 0 Å². The quantitative estimate of drug-likeness (QED) is 0.849. The number of nitrogens with zero attached hydrogens (tertiary/aromatic N) is 3. The molecule has 1 aliphatic heterocycles. The molecule has 1 saturated heterocycles. The topological polar surface area (TPSA) is 64.2 Å². The maximum Gasteiger partial charge on any atom is 0.257 e. The van der Waals surface area contributed by atoms with Crippen LogP contribution in [0.5, 0.6) is 0 Å². The zero-order valence-corrected chi connectivity index (χ0v) is 11.4. The molecule has 0 radical (unpaired) electrons. The Bertz CT molecular complexity index is 430. The third kappa shape index (κ3) is 2.56. The molecule has 0 aliphatic carbocycles. The van der Waals surface area contributed by atoms with Gasteiger partial charge in [-0.15, -0.1) is 0 Å². The minimum Gasteiger partial charge on any atom is -0.339 e. The van der Waals surface area contributed by atoms with Crippen molar-refractivity contribution in [3.63, 3.8) is 0 Å². The Hall–Kier alpha value is -1.36. The number of rotatable bonds is 2. The number of likely N-dealkylation sites (tertiary alicyclic amines) is 1. The van der Waals surface area contributed by atoms with Gasteiger partial charge in [0.2, 0.25) is 0 Å². The van der Waals surface area contributed by atoms with Crippen LogP contribution in [0.3, 0.4) is 0 Å². The molecule has 1 aromatic rings. The van der Waals surface area contributed by atoms with Crippen molar-refractivity contribution in [1.29, 1.82) is 0 Å². The molecule has 5 nitrogen and oxygen atoms in total. The molecule has 0 saturated carbocycles. The highest BCUT2D eigenvalue weighted by Gasteiger charge is 2.26. The Morgan fingerprint density at radius 1 is 1.50 bits per heavy atom. The summed E-state index contributed by atoms with van der Waals surface area (Å²) in [6.45, 7) is 5.54. The minimum atomic E-state index is 0.101. The highest BCUT2D eigenvalue weighted by Crippen LogP contribution is 2.21. The zero-order valence-electron chi connectivity index (χ0n) is 11.4. The lowest BCUT2D eigenvalue weighted by Crippen LogP contribution is -2.42. The average molecular weight is 250 g/mol. The molecule has 2 heterocycles. The van der Waals surface area contributed by atoms with Gasteiger partial charge in [-0.25, -0.2) is 0 Å². The molecule has 1 aromatic heterocycles. The van der Waals surface area contributed by atoms with Gasteiger partial charge in [0, 0.05) is 32.4 Å². The fourth-order valence-electron chi connectivity index (χ4n) is 2.61. The number of aryl methyl sites for hydroxylation is 2. The van der Waals surface area contributed by atoms with E-state index in [0.29, 0.717) is 5.92 Å². The van der Waals surface area contributed by atoms with Crippen LogP contribution < -0.4 is 5.73 Å². The molecule has 1 fully saturated rings. The summed E-state index contributed by atoms with van der Waals surface area (Å²) < 4.78 is 1.69. The monoisotopic (exact) mass is 250 g/mol. The number of carbonyl (C=O) groups is 1. The predicted molar refractivity (Wildman–Crippen MR) is 70.2 cm³/mol. The molecule has 5 heteroatoms. The lowest BCUT2D eigenvalue weighted by atomic mass is 9.91. The summed E-state index contributed by atoms with van der Waals surface area (Å²) in [7, 11) is 1.84. The summed E-state index contributed by atoms with van der Waals surface area (Å²) in [5.41, 5.74) is 7.43. The van der Waals surface area contributed by atoms with Crippen molar-refractivity contribution < 1.29 is 4.79 Å². The molecule has 1 atom stereocenters. The molecule has 0 aromatic carbocycles. The number of amides is 1. The summed E-state index contributed by atoms with van der Waals surface area (Å²) in [6.07, 6.45) is 3.81. The van der Waals surface area contributed by atoms with E-state index in [4.69, 9.17) is 5.73 Å². The van der Waals surface area contributed by atoms with E-state index in [-0.39, 0.29) is 11.9 Å². The molecular formula is C13H22N4O. The molecule has 1 aliphatic rings. The van der Waals surface area contributed by atoms with Crippen LogP contribution in [0.1, 0.15) is 35.8 Å².